The molecule has 20 heavy (non-hydrogen) atoms. The van der Waals surface area contributed by atoms with E-state index in [1.165, 1.54) is 12.8 Å². The van der Waals surface area contributed by atoms with Gasteiger partial charge in [-0.05, 0) is 18.9 Å². The lowest BCUT2D eigenvalue weighted by atomic mass is 10.2. The molecule has 1 aromatic rings. The predicted molar refractivity (Wildman–Crippen MR) is 81.9 cm³/mol. The van der Waals surface area contributed by atoms with Gasteiger partial charge in [-0.2, -0.15) is 0 Å². The van der Waals surface area contributed by atoms with E-state index in [1.807, 2.05) is 7.05 Å². The highest BCUT2D eigenvalue weighted by Gasteiger charge is 2.13. The Balaban J connectivity index is 2.55. The highest BCUT2D eigenvalue weighted by molar-refractivity contribution is 5.92. The highest BCUT2D eigenvalue weighted by Crippen LogP contribution is 2.05. The zero-order chi connectivity index (χ0) is 14.8. The standard InChI is InChI=1S/C15H26N4O/c1-4-6-8-10-16-15-17-11-9-13(18-15)14(20)19(3)12-7-5-2/h9,11H,4-8,10,12H2,1-3H3,(H,16,17,18). The summed E-state index contributed by atoms with van der Waals surface area (Å²) < 4.78 is 0. The van der Waals surface area contributed by atoms with E-state index >= 15 is 0 Å². The molecule has 0 saturated heterocycles. The smallest absolute Gasteiger partial charge is 0.272 e. The number of nitrogens with one attached hydrogen (secondary N) is 1. The third-order valence-electron chi connectivity index (χ3n) is 3.13. The summed E-state index contributed by atoms with van der Waals surface area (Å²) >= 11 is 0. The predicted octanol–water partition coefficient (Wildman–Crippen LogP) is 2.95. The molecule has 1 heterocycles. The van der Waals surface area contributed by atoms with Crippen LogP contribution in [0.2, 0.25) is 0 Å². The van der Waals surface area contributed by atoms with Gasteiger partial charge < -0.3 is 10.2 Å². The molecule has 112 valence electrons. The summed E-state index contributed by atoms with van der Waals surface area (Å²) in [6.45, 7) is 5.89. The SMILES string of the molecule is CCCCCNc1nccc(C(=O)N(C)CCCC)n1. The van der Waals surface area contributed by atoms with Crippen molar-refractivity contribution in [2.45, 2.75) is 46.0 Å². The van der Waals surface area contributed by atoms with Crippen LogP contribution in [0, 0.1) is 0 Å². The van der Waals surface area contributed by atoms with E-state index in [4.69, 9.17) is 0 Å². The Hall–Kier alpha value is -1.65. The molecule has 1 amide bonds. The van der Waals surface area contributed by atoms with E-state index in [2.05, 4.69) is 29.1 Å². The van der Waals surface area contributed by atoms with Crippen molar-refractivity contribution >= 4 is 11.9 Å². The molecule has 0 bridgehead atoms. The fraction of sp³-hybridized carbons (Fsp3) is 0.667. The first kappa shape index (κ1) is 16.4. The maximum atomic E-state index is 12.2. The van der Waals surface area contributed by atoms with Crippen molar-refractivity contribution in [3.05, 3.63) is 18.0 Å². The van der Waals surface area contributed by atoms with E-state index < -0.39 is 0 Å². The van der Waals surface area contributed by atoms with Crippen molar-refractivity contribution < 1.29 is 4.79 Å². The van der Waals surface area contributed by atoms with Crippen molar-refractivity contribution in [2.75, 3.05) is 25.5 Å². The first-order chi connectivity index (χ1) is 9.69. The first-order valence-corrected chi connectivity index (χ1v) is 7.51. The zero-order valence-electron chi connectivity index (χ0n) is 12.9. The maximum absolute atomic E-state index is 12.2. The molecule has 0 spiro atoms. The Morgan fingerprint density at radius 1 is 1.25 bits per heavy atom. The van der Waals surface area contributed by atoms with Crippen molar-refractivity contribution in [3.63, 3.8) is 0 Å². The van der Waals surface area contributed by atoms with Crippen molar-refractivity contribution in [1.29, 1.82) is 0 Å². The molecule has 0 unspecified atom stereocenters. The average molecular weight is 278 g/mol. The second-order valence-electron chi connectivity index (χ2n) is 4.98. The number of rotatable bonds is 9. The zero-order valence-corrected chi connectivity index (χ0v) is 12.9. The first-order valence-electron chi connectivity index (χ1n) is 7.51. The fourth-order valence-corrected chi connectivity index (χ4v) is 1.83. The summed E-state index contributed by atoms with van der Waals surface area (Å²) in [6, 6.07) is 1.67. The van der Waals surface area contributed by atoms with Crippen LogP contribution >= 0.6 is 0 Å². The van der Waals surface area contributed by atoms with Crippen LogP contribution in [0.3, 0.4) is 0 Å². The van der Waals surface area contributed by atoms with E-state index in [0.717, 1.165) is 32.4 Å². The minimum Gasteiger partial charge on any atom is -0.354 e. The van der Waals surface area contributed by atoms with Gasteiger partial charge in [0.2, 0.25) is 5.95 Å². The lowest BCUT2D eigenvalue weighted by Gasteiger charge is -2.16. The van der Waals surface area contributed by atoms with E-state index in [9.17, 15) is 4.79 Å². The minimum atomic E-state index is -0.0440. The quantitative estimate of drug-likeness (QED) is 0.706. The number of anilines is 1. The van der Waals surface area contributed by atoms with Crippen LogP contribution in [0.1, 0.15) is 56.4 Å². The van der Waals surface area contributed by atoms with Gasteiger partial charge in [-0.15, -0.1) is 0 Å². The number of carbonyl (C=O) groups is 1. The van der Waals surface area contributed by atoms with Gasteiger partial charge in [0.05, 0.1) is 0 Å². The number of hydrogen-bond acceptors (Lipinski definition) is 4. The Kier molecular flexibility index (Phi) is 7.62. The summed E-state index contributed by atoms with van der Waals surface area (Å²) in [7, 11) is 1.81. The van der Waals surface area contributed by atoms with Crippen LogP contribution in [0.4, 0.5) is 5.95 Å². The summed E-state index contributed by atoms with van der Waals surface area (Å²) in [4.78, 5) is 22.3. The van der Waals surface area contributed by atoms with E-state index in [0.29, 0.717) is 11.6 Å². The molecule has 0 aliphatic heterocycles. The molecule has 0 aliphatic rings. The van der Waals surface area contributed by atoms with Crippen molar-refractivity contribution in [3.8, 4) is 0 Å². The number of hydrogen-bond donors (Lipinski definition) is 1. The van der Waals surface area contributed by atoms with Gasteiger partial charge in [-0.3, -0.25) is 4.79 Å². The van der Waals surface area contributed by atoms with Crippen LogP contribution in [0.15, 0.2) is 12.3 Å². The third-order valence-corrected chi connectivity index (χ3v) is 3.13. The van der Waals surface area contributed by atoms with Gasteiger partial charge in [0, 0.05) is 26.3 Å². The number of aromatic nitrogens is 2. The van der Waals surface area contributed by atoms with Gasteiger partial charge in [0.25, 0.3) is 5.91 Å². The second-order valence-corrected chi connectivity index (χ2v) is 4.98. The summed E-state index contributed by atoms with van der Waals surface area (Å²) in [5, 5.41) is 3.16. The third kappa shape index (κ3) is 5.55. The normalized spacial score (nSPS) is 10.3. The topological polar surface area (TPSA) is 58.1 Å². The monoisotopic (exact) mass is 278 g/mol. The minimum absolute atomic E-state index is 0.0440. The Labute approximate surface area is 121 Å². The lowest BCUT2D eigenvalue weighted by molar-refractivity contribution is 0.0787. The highest BCUT2D eigenvalue weighted by atomic mass is 16.2. The second kappa shape index (κ2) is 9.28. The molecule has 0 radical (unpaired) electrons. The Morgan fingerprint density at radius 2 is 2.00 bits per heavy atom. The Morgan fingerprint density at radius 3 is 2.70 bits per heavy atom. The molecule has 0 saturated carbocycles. The molecule has 1 N–H and O–H groups in total. The molecule has 1 aromatic heterocycles. The van der Waals surface area contributed by atoms with Gasteiger partial charge in [0.15, 0.2) is 0 Å². The van der Waals surface area contributed by atoms with Crippen LogP contribution in [-0.2, 0) is 0 Å². The van der Waals surface area contributed by atoms with Crippen LogP contribution in [0.25, 0.3) is 0 Å². The number of unbranched alkanes of at least 4 members (excludes halogenated alkanes) is 3. The number of amides is 1. The van der Waals surface area contributed by atoms with Crippen LogP contribution in [-0.4, -0.2) is 40.9 Å². The molecular formula is C15H26N4O. The molecule has 5 nitrogen and oxygen atoms in total. The van der Waals surface area contributed by atoms with E-state index in [1.54, 1.807) is 17.2 Å². The summed E-state index contributed by atoms with van der Waals surface area (Å²) in [5.74, 6) is 0.494. The maximum Gasteiger partial charge on any atom is 0.272 e. The van der Waals surface area contributed by atoms with Gasteiger partial charge in [0.1, 0.15) is 5.69 Å². The van der Waals surface area contributed by atoms with Crippen molar-refractivity contribution in [2.24, 2.45) is 0 Å². The van der Waals surface area contributed by atoms with E-state index in [-0.39, 0.29) is 5.91 Å². The molecule has 0 atom stereocenters. The van der Waals surface area contributed by atoms with Gasteiger partial charge in [-0.1, -0.05) is 33.1 Å². The van der Waals surface area contributed by atoms with Crippen LogP contribution < -0.4 is 5.32 Å². The summed E-state index contributed by atoms with van der Waals surface area (Å²) in [5.41, 5.74) is 0.455. The molecule has 0 aliphatic carbocycles. The average Bonchev–Trinajstić information content (AvgIpc) is 2.48. The summed E-state index contributed by atoms with van der Waals surface area (Å²) in [6.07, 6.45) is 7.18. The molecule has 0 fully saturated rings. The Bertz CT molecular complexity index is 409. The van der Waals surface area contributed by atoms with Crippen molar-refractivity contribution in [1.82, 2.24) is 14.9 Å². The number of nitrogens with zero attached hydrogens (tertiary/aromatic N) is 3. The molecule has 5 heteroatoms. The molecule has 1 rings (SSSR count). The molecular weight excluding hydrogens is 252 g/mol. The molecule has 0 aromatic carbocycles. The number of carbonyl (C=O) groups excluding carboxylic acids is 1. The largest absolute Gasteiger partial charge is 0.354 e. The van der Waals surface area contributed by atoms with Gasteiger partial charge in [-0.25, -0.2) is 9.97 Å². The lowest BCUT2D eigenvalue weighted by Crippen LogP contribution is -2.28. The van der Waals surface area contributed by atoms with Crippen LogP contribution in [0.5, 0.6) is 0 Å². The van der Waals surface area contributed by atoms with Gasteiger partial charge >= 0.3 is 0 Å². The fourth-order valence-electron chi connectivity index (χ4n) is 1.83.